The Bertz CT molecular complexity index is 1150. The Hall–Kier alpha value is -3.17. The van der Waals surface area contributed by atoms with E-state index in [1.54, 1.807) is 24.7 Å². The van der Waals surface area contributed by atoms with Gasteiger partial charge in [-0.2, -0.15) is 0 Å². The van der Waals surface area contributed by atoms with E-state index in [-0.39, 0.29) is 12.1 Å². The van der Waals surface area contributed by atoms with Gasteiger partial charge >= 0.3 is 0 Å². The van der Waals surface area contributed by atoms with Gasteiger partial charge in [-0.3, -0.25) is 10.2 Å². The van der Waals surface area contributed by atoms with Crippen molar-refractivity contribution in [2.45, 2.75) is 44.8 Å². The number of carbonyl (C=O) groups excluding carboxylic acids is 1. The van der Waals surface area contributed by atoms with Crippen molar-refractivity contribution in [3.8, 4) is 11.3 Å². The maximum absolute atomic E-state index is 14.4. The number of nitrogens with two attached hydrogens (primary N) is 1. The molecule has 3 N–H and O–H groups in total. The van der Waals surface area contributed by atoms with Gasteiger partial charge in [-0.15, -0.1) is 5.10 Å². The predicted octanol–water partition coefficient (Wildman–Crippen LogP) is 3.66. The average Bonchev–Trinajstić information content (AvgIpc) is 3.28. The summed E-state index contributed by atoms with van der Waals surface area (Å²) in [7, 11) is 0. The fourth-order valence-corrected chi connectivity index (χ4v) is 4.49. The third-order valence-electron chi connectivity index (χ3n) is 6.16. The number of piperidine rings is 1. The lowest BCUT2D eigenvalue weighted by atomic mass is 9.88. The van der Waals surface area contributed by atoms with Crippen molar-refractivity contribution < 1.29 is 13.6 Å². The fraction of sp³-hybridized carbons (Fsp3) is 0.400. The number of carbonyl (C=O) groups is 1. The van der Waals surface area contributed by atoms with E-state index >= 15 is 0 Å². The van der Waals surface area contributed by atoms with Gasteiger partial charge in [0.2, 0.25) is 0 Å². The second-order valence-electron chi connectivity index (χ2n) is 9.48. The molecule has 0 unspecified atom stereocenters. The van der Waals surface area contributed by atoms with Crippen LogP contribution in [0.3, 0.4) is 0 Å². The topological polar surface area (TPSA) is 89.1 Å². The van der Waals surface area contributed by atoms with Gasteiger partial charge in [-0.25, -0.2) is 19.3 Å². The summed E-state index contributed by atoms with van der Waals surface area (Å²) < 4.78 is 30.0. The van der Waals surface area contributed by atoms with E-state index in [0.29, 0.717) is 23.7 Å². The van der Waals surface area contributed by atoms with Crippen molar-refractivity contribution in [3.63, 3.8) is 0 Å². The normalized spacial score (nSPS) is 15.4. The lowest BCUT2D eigenvalue weighted by molar-refractivity contribution is 0.0953. The van der Waals surface area contributed by atoms with E-state index in [9.17, 15) is 13.6 Å². The van der Waals surface area contributed by atoms with E-state index in [1.165, 1.54) is 17.7 Å². The van der Waals surface area contributed by atoms with Crippen LogP contribution in [0.5, 0.6) is 0 Å². The highest BCUT2D eigenvalue weighted by molar-refractivity contribution is 5.93. The summed E-state index contributed by atoms with van der Waals surface area (Å²) in [5.74, 6) is 4.46. The Kier molecular flexibility index (Phi) is 7.04. The van der Waals surface area contributed by atoms with Crippen LogP contribution in [0.1, 0.15) is 54.1 Å². The molecule has 1 amide bonds. The lowest BCUT2D eigenvalue weighted by Gasteiger charge is -2.34. The first-order chi connectivity index (χ1) is 16.2. The first kappa shape index (κ1) is 24.0. The largest absolute Gasteiger partial charge is 0.300 e. The maximum Gasteiger partial charge on any atom is 0.265 e. The van der Waals surface area contributed by atoms with Crippen molar-refractivity contribution in [1.82, 2.24) is 25.3 Å². The maximum atomic E-state index is 14.4. The van der Waals surface area contributed by atoms with Crippen LogP contribution in [0.4, 0.5) is 8.78 Å². The SMILES string of the molecule is CC(C)(F)CN1CCC(c2cccc(-c3cn(Cc4ccc(C(=O)NN)cc4F)nn3)c2)CC1. The van der Waals surface area contributed by atoms with E-state index in [0.717, 1.165) is 37.6 Å². The molecule has 2 heterocycles. The zero-order valence-corrected chi connectivity index (χ0v) is 19.5. The molecule has 0 radical (unpaired) electrons. The number of nitrogen functional groups attached to an aromatic ring is 1. The summed E-state index contributed by atoms with van der Waals surface area (Å²) in [6.45, 7) is 5.67. The van der Waals surface area contributed by atoms with E-state index in [2.05, 4.69) is 27.3 Å². The number of alkyl halides is 1. The van der Waals surface area contributed by atoms with E-state index < -0.39 is 17.4 Å². The molecular formula is C25H30F2N6O. The molecule has 3 aromatic rings. The minimum Gasteiger partial charge on any atom is -0.300 e. The zero-order chi connectivity index (χ0) is 24.3. The van der Waals surface area contributed by atoms with Crippen LogP contribution >= 0.6 is 0 Å². The van der Waals surface area contributed by atoms with E-state index in [4.69, 9.17) is 5.84 Å². The molecule has 0 aliphatic carbocycles. The van der Waals surface area contributed by atoms with Gasteiger partial charge in [-0.05, 0) is 69.5 Å². The van der Waals surface area contributed by atoms with Crippen LogP contribution in [0, 0.1) is 5.82 Å². The molecule has 0 bridgehead atoms. The van der Waals surface area contributed by atoms with Crippen molar-refractivity contribution in [3.05, 3.63) is 71.2 Å². The minimum absolute atomic E-state index is 0.152. The van der Waals surface area contributed by atoms with Crippen LogP contribution in [-0.2, 0) is 6.54 Å². The van der Waals surface area contributed by atoms with Crippen molar-refractivity contribution in [1.29, 1.82) is 0 Å². The molecule has 0 spiro atoms. The molecular weight excluding hydrogens is 438 g/mol. The number of benzene rings is 2. The molecule has 180 valence electrons. The highest BCUT2D eigenvalue weighted by atomic mass is 19.1. The van der Waals surface area contributed by atoms with Gasteiger partial charge in [-0.1, -0.05) is 29.5 Å². The zero-order valence-electron chi connectivity index (χ0n) is 19.5. The average molecular weight is 469 g/mol. The van der Waals surface area contributed by atoms with Crippen LogP contribution in [0.2, 0.25) is 0 Å². The number of hydrogen-bond donors (Lipinski definition) is 2. The van der Waals surface area contributed by atoms with E-state index in [1.807, 2.05) is 17.6 Å². The summed E-state index contributed by atoms with van der Waals surface area (Å²) in [6, 6.07) is 12.5. The third kappa shape index (κ3) is 5.84. The summed E-state index contributed by atoms with van der Waals surface area (Å²) in [4.78, 5) is 13.8. The number of likely N-dealkylation sites (tertiary alicyclic amines) is 1. The number of aromatic nitrogens is 3. The highest BCUT2D eigenvalue weighted by Gasteiger charge is 2.26. The minimum atomic E-state index is -1.18. The number of nitrogens with one attached hydrogen (secondary N) is 1. The second-order valence-corrected chi connectivity index (χ2v) is 9.48. The summed E-state index contributed by atoms with van der Waals surface area (Å²) >= 11 is 0. The summed E-state index contributed by atoms with van der Waals surface area (Å²) in [6.07, 6.45) is 3.76. The van der Waals surface area contributed by atoms with Crippen molar-refractivity contribution >= 4 is 5.91 Å². The molecule has 1 fully saturated rings. The number of nitrogens with zero attached hydrogens (tertiary/aromatic N) is 4. The molecule has 4 rings (SSSR count). The highest BCUT2D eigenvalue weighted by Crippen LogP contribution is 2.31. The predicted molar refractivity (Wildman–Crippen MR) is 126 cm³/mol. The molecule has 9 heteroatoms. The second kappa shape index (κ2) is 9.99. The van der Waals surface area contributed by atoms with Gasteiger partial charge in [0.05, 0.1) is 12.7 Å². The molecule has 0 saturated carbocycles. The molecule has 1 aromatic heterocycles. The first-order valence-corrected chi connectivity index (χ1v) is 11.4. The number of hydrogen-bond acceptors (Lipinski definition) is 5. The van der Waals surface area contributed by atoms with Crippen LogP contribution in [0.15, 0.2) is 48.7 Å². The molecule has 0 atom stereocenters. The standard InChI is InChI=1S/C25H30F2N6O/c1-25(2,27)16-32-10-8-17(9-11-32)18-4-3-5-19(12-18)23-15-33(31-30-23)14-21-7-6-20(13-22(21)26)24(34)29-28/h3-7,12-13,15,17H,8-11,14,16,28H2,1-2H3,(H,29,34). The number of rotatable bonds is 7. The van der Waals surface area contributed by atoms with Crippen molar-refractivity contribution in [2.24, 2.45) is 5.84 Å². The first-order valence-electron chi connectivity index (χ1n) is 11.4. The molecule has 1 aliphatic heterocycles. The Morgan fingerprint density at radius 1 is 1.21 bits per heavy atom. The van der Waals surface area contributed by atoms with Crippen LogP contribution < -0.4 is 11.3 Å². The Morgan fingerprint density at radius 2 is 1.97 bits per heavy atom. The quantitative estimate of drug-likeness (QED) is 0.314. The molecule has 1 aliphatic rings. The molecule has 2 aromatic carbocycles. The molecule has 7 nitrogen and oxygen atoms in total. The molecule has 34 heavy (non-hydrogen) atoms. The van der Waals surface area contributed by atoms with Crippen LogP contribution in [0.25, 0.3) is 11.3 Å². The van der Waals surface area contributed by atoms with Gasteiger partial charge in [0.15, 0.2) is 0 Å². The summed E-state index contributed by atoms with van der Waals surface area (Å²) in [5.41, 5.74) is 4.25. The fourth-order valence-electron chi connectivity index (χ4n) is 4.49. The summed E-state index contributed by atoms with van der Waals surface area (Å²) in [5, 5.41) is 8.42. The number of halogens is 2. The van der Waals surface area contributed by atoms with Gasteiger partial charge < -0.3 is 4.90 Å². The Balaban J connectivity index is 1.43. The van der Waals surface area contributed by atoms with Crippen molar-refractivity contribution in [2.75, 3.05) is 19.6 Å². The van der Waals surface area contributed by atoms with Gasteiger partial charge in [0.1, 0.15) is 17.2 Å². The number of hydrazine groups is 1. The lowest BCUT2D eigenvalue weighted by Crippen LogP contribution is -2.40. The number of amides is 1. The Morgan fingerprint density at radius 3 is 2.65 bits per heavy atom. The third-order valence-corrected chi connectivity index (χ3v) is 6.16. The molecule has 1 saturated heterocycles. The van der Waals surface area contributed by atoms with Gasteiger partial charge in [0.25, 0.3) is 5.91 Å². The Labute approximate surface area is 197 Å². The smallest absolute Gasteiger partial charge is 0.265 e. The van der Waals surface area contributed by atoms with Crippen LogP contribution in [-0.4, -0.2) is 51.1 Å². The monoisotopic (exact) mass is 468 g/mol. The van der Waals surface area contributed by atoms with Gasteiger partial charge in [0, 0.05) is 23.2 Å².